The fraction of sp³-hybridized carbons (Fsp3) is 0.238. The zero-order valence-electron chi connectivity index (χ0n) is 16.3. The summed E-state index contributed by atoms with van der Waals surface area (Å²) in [6, 6.07) is 13.7. The van der Waals surface area contributed by atoms with Crippen molar-refractivity contribution in [1.82, 2.24) is 14.5 Å². The minimum Gasteiger partial charge on any atom is -0.359 e. The van der Waals surface area contributed by atoms with Crippen LogP contribution in [0, 0.1) is 0 Å². The molecule has 1 aromatic heterocycles. The summed E-state index contributed by atoms with van der Waals surface area (Å²) < 4.78 is 2.39. The van der Waals surface area contributed by atoms with Gasteiger partial charge in [-0.1, -0.05) is 30.3 Å². The van der Waals surface area contributed by atoms with Crippen molar-refractivity contribution in [3.63, 3.8) is 0 Å². The van der Waals surface area contributed by atoms with E-state index in [4.69, 9.17) is 0 Å². The van der Waals surface area contributed by atoms with Gasteiger partial charge in [-0.2, -0.15) is 0 Å². The third kappa shape index (κ3) is 4.11. The number of carbonyl (C=O) groups excluding carboxylic acids is 2. The van der Waals surface area contributed by atoms with Crippen LogP contribution in [0.1, 0.15) is 12.5 Å². The van der Waals surface area contributed by atoms with Crippen molar-refractivity contribution in [2.75, 3.05) is 12.4 Å². The number of aromatic nitrogens is 2. The molecule has 0 bridgehead atoms. The molecule has 0 aliphatic rings. The van der Waals surface area contributed by atoms with Crippen LogP contribution < -0.4 is 21.9 Å². The minimum absolute atomic E-state index is 0.122. The van der Waals surface area contributed by atoms with Crippen LogP contribution in [-0.4, -0.2) is 28.0 Å². The Labute approximate surface area is 166 Å². The number of carbonyl (C=O) groups is 2. The summed E-state index contributed by atoms with van der Waals surface area (Å²) in [5.74, 6) is -0.605. The number of para-hydroxylation sites is 2. The monoisotopic (exact) mass is 394 g/mol. The maximum atomic E-state index is 12.8. The van der Waals surface area contributed by atoms with Crippen molar-refractivity contribution < 1.29 is 9.59 Å². The highest BCUT2D eigenvalue weighted by Gasteiger charge is 2.15. The van der Waals surface area contributed by atoms with Crippen molar-refractivity contribution >= 4 is 28.4 Å². The lowest BCUT2D eigenvalue weighted by atomic mass is 10.1. The van der Waals surface area contributed by atoms with E-state index >= 15 is 0 Å². The first-order valence-electron chi connectivity index (χ1n) is 9.27. The van der Waals surface area contributed by atoms with Gasteiger partial charge in [0.15, 0.2) is 0 Å². The molecule has 3 aromatic rings. The molecule has 0 unspecified atom stereocenters. The molecule has 0 aliphatic carbocycles. The fourth-order valence-corrected chi connectivity index (χ4v) is 3.19. The topological polar surface area (TPSA) is 102 Å². The lowest BCUT2D eigenvalue weighted by molar-refractivity contribution is -0.120. The van der Waals surface area contributed by atoms with Crippen molar-refractivity contribution in [3.8, 4) is 0 Å². The van der Waals surface area contributed by atoms with Gasteiger partial charge in [0.05, 0.1) is 17.3 Å². The molecular formula is C21H22N4O4. The highest BCUT2D eigenvalue weighted by atomic mass is 16.2. The van der Waals surface area contributed by atoms with Gasteiger partial charge in [-0.3, -0.25) is 23.5 Å². The van der Waals surface area contributed by atoms with Gasteiger partial charge in [-0.05, 0) is 30.7 Å². The van der Waals surface area contributed by atoms with E-state index in [1.807, 2.05) is 0 Å². The summed E-state index contributed by atoms with van der Waals surface area (Å²) in [6.45, 7) is 1.66. The lowest BCUT2D eigenvalue weighted by Gasteiger charge is -2.14. The average molecular weight is 394 g/mol. The zero-order chi connectivity index (χ0) is 21.0. The number of rotatable bonds is 6. The second kappa shape index (κ2) is 8.55. The number of nitrogens with zero attached hydrogens (tertiary/aromatic N) is 2. The first-order valence-corrected chi connectivity index (χ1v) is 9.27. The van der Waals surface area contributed by atoms with Crippen LogP contribution in [0.3, 0.4) is 0 Å². The molecular weight excluding hydrogens is 372 g/mol. The summed E-state index contributed by atoms with van der Waals surface area (Å²) in [5, 5.41) is 5.69. The number of anilines is 1. The van der Waals surface area contributed by atoms with E-state index in [2.05, 4.69) is 10.6 Å². The molecule has 8 heteroatoms. The highest BCUT2D eigenvalue weighted by Crippen LogP contribution is 2.16. The average Bonchev–Trinajstić information content (AvgIpc) is 2.73. The normalized spacial score (nSPS) is 10.7. The molecule has 150 valence electrons. The quantitative estimate of drug-likeness (QED) is 0.654. The first-order chi connectivity index (χ1) is 14.0. The van der Waals surface area contributed by atoms with E-state index < -0.39 is 11.6 Å². The van der Waals surface area contributed by atoms with E-state index in [1.54, 1.807) is 62.5 Å². The summed E-state index contributed by atoms with van der Waals surface area (Å²) >= 11 is 0. The van der Waals surface area contributed by atoms with E-state index in [0.29, 0.717) is 22.2 Å². The van der Waals surface area contributed by atoms with Crippen molar-refractivity contribution in [1.29, 1.82) is 0 Å². The van der Waals surface area contributed by atoms with Gasteiger partial charge in [0.2, 0.25) is 11.8 Å². The number of hydrogen-bond donors (Lipinski definition) is 2. The van der Waals surface area contributed by atoms with Gasteiger partial charge in [-0.15, -0.1) is 0 Å². The Kier molecular flexibility index (Phi) is 5.92. The molecule has 3 rings (SSSR count). The van der Waals surface area contributed by atoms with Crippen LogP contribution >= 0.6 is 0 Å². The number of hydrogen-bond acceptors (Lipinski definition) is 4. The molecule has 2 aromatic carbocycles. The van der Waals surface area contributed by atoms with Gasteiger partial charge in [0.1, 0.15) is 6.54 Å². The molecule has 0 atom stereocenters. The highest BCUT2D eigenvalue weighted by molar-refractivity contribution is 5.93. The molecule has 2 N–H and O–H groups in total. The molecule has 0 saturated heterocycles. The Hall–Kier alpha value is -3.68. The van der Waals surface area contributed by atoms with Gasteiger partial charge >= 0.3 is 5.69 Å². The lowest BCUT2D eigenvalue weighted by Crippen LogP contribution is -2.41. The number of benzene rings is 2. The Morgan fingerprint density at radius 2 is 1.62 bits per heavy atom. The summed E-state index contributed by atoms with van der Waals surface area (Å²) in [7, 11) is 1.55. The summed E-state index contributed by atoms with van der Waals surface area (Å²) in [6.07, 6.45) is 0.122. The number of likely N-dealkylation sites (N-methyl/N-ethyl adjacent to an activating group) is 1. The molecule has 0 radical (unpaired) electrons. The maximum absolute atomic E-state index is 12.8. The fourth-order valence-electron chi connectivity index (χ4n) is 3.19. The largest absolute Gasteiger partial charge is 0.359 e. The first kappa shape index (κ1) is 20.1. The van der Waals surface area contributed by atoms with E-state index in [-0.39, 0.29) is 31.0 Å². The summed E-state index contributed by atoms with van der Waals surface area (Å²) in [5.41, 5.74) is 0.657. The molecule has 0 fully saturated rings. The minimum atomic E-state index is -0.537. The molecule has 29 heavy (non-hydrogen) atoms. The van der Waals surface area contributed by atoms with Crippen molar-refractivity contribution in [2.24, 2.45) is 0 Å². The predicted molar refractivity (Wildman–Crippen MR) is 111 cm³/mol. The smallest absolute Gasteiger partial charge is 0.331 e. The Bertz CT molecular complexity index is 1190. The van der Waals surface area contributed by atoms with Gasteiger partial charge in [0, 0.05) is 19.3 Å². The second-order valence-electron chi connectivity index (χ2n) is 6.49. The molecule has 0 spiro atoms. The van der Waals surface area contributed by atoms with Gasteiger partial charge in [0.25, 0.3) is 5.56 Å². The van der Waals surface area contributed by atoms with Crippen LogP contribution in [0.15, 0.2) is 58.1 Å². The van der Waals surface area contributed by atoms with Crippen LogP contribution in [-0.2, 0) is 29.1 Å². The van der Waals surface area contributed by atoms with E-state index in [1.165, 1.54) is 4.57 Å². The molecule has 1 heterocycles. The predicted octanol–water partition coefficient (Wildman–Crippen LogP) is 1.11. The third-order valence-corrected chi connectivity index (χ3v) is 4.67. The second-order valence-corrected chi connectivity index (χ2v) is 6.49. The van der Waals surface area contributed by atoms with Crippen LogP contribution in [0.5, 0.6) is 0 Å². The number of amides is 2. The van der Waals surface area contributed by atoms with Crippen LogP contribution in [0.25, 0.3) is 10.9 Å². The van der Waals surface area contributed by atoms with E-state index in [0.717, 1.165) is 4.57 Å². The number of nitrogens with one attached hydrogen (secondary N) is 2. The van der Waals surface area contributed by atoms with Crippen LogP contribution in [0.2, 0.25) is 0 Å². The van der Waals surface area contributed by atoms with Gasteiger partial charge < -0.3 is 10.6 Å². The molecule has 0 aliphatic heterocycles. The van der Waals surface area contributed by atoms with E-state index in [9.17, 15) is 19.2 Å². The zero-order valence-corrected chi connectivity index (χ0v) is 16.3. The third-order valence-electron chi connectivity index (χ3n) is 4.67. The molecule has 0 saturated carbocycles. The maximum Gasteiger partial charge on any atom is 0.331 e. The summed E-state index contributed by atoms with van der Waals surface area (Å²) in [4.78, 5) is 49.7. The standard InChI is InChI=1S/C21H22N4O4/c1-3-24-20(28)15-9-5-7-11-17(15)25(21(24)29)13-19(27)23-16-10-6-4-8-14(16)12-18(26)22-2/h4-11H,3,12-13H2,1-2H3,(H,22,26)(H,23,27). The Balaban J connectivity index is 1.95. The van der Waals surface area contributed by atoms with Gasteiger partial charge in [-0.25, -0.2) is 4.79 Å². The Morgan fingerprint density at radius 1 is 0.931 bits per heavy atom. The molecule has 2 amide bonds. The van der Waals surface area contributed by atoms with Crippen molar-refractivity contribution in [3.05, 3.63) is 74.9 Å². The van der Waals surface area contributed by atoms with Crippen LogP contribution in [0.4, 0.5) is 5.69 Å². The van der Waals surface area contributed by atoms with Crippen molar-refractivity contribution in [2.45, 2.75) is 26.4 Å². The number of fused-ring (bicyclic) bond motifs is 1. The Morgan fingerprint density at radius 3 is 2.34 bits per heavy atom. The molecule has 8 nitrogen and oxygen atoms in total. The SMILES string of the molecule is CCn1c(=O)c2ccccc2n(CC(=O)Nc2ccccc2CC(=O)NC)c1=O.